The highest BCUT2D eigenvalue weighted by Crippen LogP contribution is 2.31. The first-order valence-electron chi connectivity index (χ1n) is 6.07. The normalized spacial score (nSPS) is 13.0. The first-order valence-corrected chi connectivity index (χ1v) is 7.49. The molecule has 1 atom stereocenters. The molecule has 1 aromatic carbocycles. The Balaban J connectivity index is 2.30. The lowest BCUT2D eigenvalue weighted by Crippen LogP contribution is -2.09. The van der Waals surface area contributed by atoms with E-state index < -0.39 is 11.6 Å². The van der Waals surface area contributed by atoms with Crippen LogP contribution in [-0.2, 0) is 5.88 Å². The number of hydrogen-bond donors (Lipinski definition) is 0. The Morgan fingerprint density at radius 3 is 2.80 bits per heavy atom. The minimum atomic E-state index is -0.880. The average molecular weight is 313 g/mol. The molecule has 20 heavy (non-hydrogen) atoms. The van der Waals surface area contributed by atoms with Crippen LogP contribution in [0.2, 0.25) is 0 Å². The van der Waals surface area contributed by atoms with E-state index in [1.807, 2.05) is 24.4 Å². The minimum Gasteiger partial charge on any atom is -0.316 e. The molecule has 3 rings (SSSR count). The third kappa shape index (κ3) is 2.01. The molecule has 0 bridgehead atoms. The standard InChI is InChI=1S/C14H11ClF2N2S/c1-8(11-3-2-6-20-11)19-12(7-15)18-10-5-4-9(16)13(17)14(10)19/h2-6,8H,7H2,1H3. The number of halogens is 3. The van der Waals surface area contributed by atoms with Gasteiger partial charge in [0.2, 0.25) is 0 Å². The first kappa shape index (κ1) is 13.5. The summed E-state index contributed by atoms with van der Waals surface area (Å²) in [6.45, 7) is 1.92. The van der Waals surface area contributed by atoms with Crippen molar-refractivity contribution in [3.63, 3.8) is 0 Å². The Morgan fingerprint density at radius 2 is 2.15 bits per heavy atom. The molecule has 0 fully saturated rings. The number of imidazole rings is 1. The fraction of sp³-hybridized carbons (Fsp3) is 0.214. The highest BCUT2D eigenvalue weighted by molar-refractivity contribution is 7.10. The Morgan fingerprint density at radius 1 is 1.35 bits per heavy atom. The molecule has 3 aromatic rings. The largest absolute Gasteiger partial charge is 0.316 e. The van der Waals surface area contributed by atoms with Crippen LogP contribution in [0, 0.1) is 11.6 Å². The predicted octanol–water partition coefficient (Wildman–Crippen LogP) is 4.72. The van der Waals surface area contributed by atoms with Gasteiger partial charge in [0, 0.05) is 4.88 Å². The van der Waals surface area contributed by atoms with Crippen LogP contribution < -0.4 is 0 Å². The maximum absolute atomic E-state index is 14.1. The zero-order valence-electron chi connectivity index (χ0n) is 10.6. The molecule has 0 N–H and O–H groups in total. The monoisotopic (exact) mass is 312 g/mol. The van der Waals surface area contributed by atoms with Crippen molar-refractivity contribution in [2.75, 3.05) is 0 Å². The van der Waals surface area contributed by atoms with Gasteiger partial charge in [0.25, 0.3) is 0 Å². The summed E-state index contributed by atoms with van der Waals surface area (Å²) in [4.78, 5) is 5.33. The van der Waals surface area contributed by atoms with Gasteiger partial charge >= 0.3 is 0 Å². The van der Waals surface area contributed by atoms with Crippen molar-refractivity contribution < 1.29 is 8.78 Å². The second kappa shape index (κ2) is 5.14. The number of nitrogens with zero attached hydrogens (tertiary/aromatic N) is 2. The molecule has 0 spiro atoms. The molecule has 0 radical (unpaired) electrons. The number of alkyl halides is 1. The molecule has 1 unspecified atom stereocenters. The van der Waals surface area contributed by atoms with Gasteiger partial charge in [-0.3, -0.25) is 0 Å². The van der Waals surface area contributed by atoms with Crippen LogP contribution in [0.15, 0.2) is 29.6 Å². The molecule has 0 saturated carbocycles. The molecule has 0 saturated heterocycles. The summed E-state index contributed by atoms with van der Waals surface area (Å²) in [7, 11) is 0. The average Bonchev–Trinajstić information content (AvgIpc) is 3.09. The van der Waals surface area contributed by atoms with Crippen molar-refractivity contribution in [1.82, 2.24) is 9.55 Å². The van der Waals surface area contributed by atoms with Crippen molar-refractivity contribution >= 4 is 34.0 Å². The lowest BCUT2D eigenvalue weighted by atomic mass is 10.2. The van der Waals surface area contributed by atoms with E-state index in [0.29, 0.717) is 11.3 Å². The van der Waals surface area contributed by atoms with Crippen molar-refractivity contribution in [3.8, 4) is 0 Å². The minimum absolute atomic E-state index is 0.144. The third-order valence-corrected chi connectivity index (χ3v) is 4.56. The summed E-state index contributed by atoms with van der Waals surface area (Å²) in [5, 5.41) is 1.95. The van der Waals surface area contributed by atoms with Crippen molar-refractivity contribution in [3.05, 3.63) is 52.0 Å². The van der Waals surface area contributed by atoms with Gasteiger partial charge in [-0.25, -0.2) is 13.8 Å². The van der Waals surface area contributed by atoms with E-state index in [0.717, 1.165) is 10.9 Å². The smallest absolute Gasteiger partial charge is 0.184 e. The molecule has 104 valence electrons. The summed E-state index contributed by atoms with van der Waals surface area (Å²) in [5.74, 6) is -1.08. The van der Waals surface area contributed by atoms with Crippen molar-refractivity contribution in [2.24, 2.45) is 0 Å². The first-order chi connectivity index (χ1) is 9.63. The molecule has 2 heterocycles. The maximum Gasteiger partial charge on any atom is 0.184 e. The van der Waals surface area contributed by atoms with E-state index in [1.165, 1.54) is 6.07 Å². The van der Waals surface area contributed by atoms with E-state index in [1.54, 1.807) is 15.9 Å². The van der Waals surface area contributed by atoms with Gasteiger partial charge < -0.3 is 4.57 Å². The SMILES string of the molecule is CC(c1cccs1)n1c(CCl)nc2ccc(F)c(F)c21. The van der Waals surface area contributed by atoms with Gasteiger partial charge in [-0.05, 0) is 30.5 Å². The molecule has 0 aliphatic rings. The number of rotatable bonds is 3. The van der Waals surface area contributed by atoms with Crippen LogP contribution >= 0.6 is 22.9 Å². The summed E-state index contributed by atoms with van der Waals surface area (Å²) < 4.78 is 29.3. The van der Waals surface area contributed by atoms with Gasteiger partial charge in [-0.1, -0.05) is 6.07 Å². The molecule has 2 nitrogen and oxygen atoms in total. The summed E-state index contributed by atoms with van der Waals surface area (Å²) in [6, 6.07) is 6.29. The van der Waals surface area contributed by atoms with Crippen LogP contribution in [0.25, 0.3) is 11.0 Å². The summed E-state index contributed by atoms with van der Waals surface area (Å²) in [5.41, 5.74) is 0.588. The Kier molecular flexibility index (Phi) is 3.48. The zero-order chi connectivity index (χ0) is 14.3. The maximum atomic E-state index is 14.1. The zero-order valence-corrected chi connectivity index (χ0v) is 12.2. The molecule has 0 amide bonds. The van der Waals surface area contributed by atoms with E-state index in [-0.39, 0.29) is 17.4 Å². The highest BCUT2D eigenvalue weighted by atomic mass is 35.5. The van der Waals surface area contributed by atoms with Gasteiger partial charge in [-0.15, -0.1) is 22.9 Å². The third-order valence-electron chi connectivity index (χ3n) is 3.28. The summed E-state index contributed by atoms with van der Waals surface area (Å²) >= 11 is 7.46. The Bertz CT molecular complexity index is 752. The number of benzene rings is 1. The lowest BCUT2D eigenvalue weighted by molar-refractivity contribution is 0.508. The molecule has 0 aliphatic heterocycles. The number of fused-ring (bicyclic) bond motifs is 1. The van der Waals surface area contributed by atoms with Crippen LogP contribution in [-0.4, -0.2) is 9.55 Å². The topological polar surface area (TPSA) is 17.8 Å². The van der Waals surface area contributed by atoms with Crippen LogP contribution in [0.3, 0.4) is 0 Å². The molecular weight excluding hydrogens is 302 g/mol. The Labute approximate surface area is 123 Å². The number of thiophene rings is 1. The fourth-order valence-electron chi connectivity index (χ4n) is 2.34. The molecular formula is C14H11ClF2N2S. The molecule has 6 heteroatoms. The van der Waals surface area contributed by atoms with Crippen molar-refractivity contribution in [2.45, 2.75) is 18.8 Å². The van der Waals surface area contributed by atoms with E-state index in [9.17, 15) is 8.78 Å². The van der Waals surface area contributed by atoms with E-state index >= 15 is 0 Å². The van der Waals surface area contributed by atoms with Gasteiger partial charge in [0.05, 0.1) is 17.4 Å². The molecule has 2 aromatic heterocycles. The predicted molar refractivity (Wildman–Crippen MR) is 77.3 cm³/mol. The van der Waals surface area contributed by atoms with Crippen LogP contribution in [0.4, 0.5) is 8.78 Å². The van der Waals surface area contributed by atoms with E-state index in [4.69, 9.17) is 11.6 Å². The fourth-order valence-corrected chi connectivity index (χ4v) is 3.30. The van der Waals surface area contributed by atoms with Crippen molar-refractivity contribution in [1.29, 1.82) is 0 Å². The second-order valence-corrected chi connectivity index (χ2v) is 5.70. The molecule has 0 aliphatic carbocycles. The second-order valence-electron chi connectivity index (χ2n) is 4.45. The quantitative estimate of drug-likeness (QED) is 0.640. The van der Waals surface area contributed by atoms with Gasteiger partial charge in [0.1, 0.15) is 11.3 Å². The summed E-state index contributed by atoms with van der Waals surface area (Å²) in [6.07, 6.45) is 0. The van der Waals surface area contributed by atoms with Crippen LogP contribution in [0.5, 0.6) is 0 Å². The van der Waals surface area contributed by atoms with E-state index in [2.05, 4.69) is 4.98 Å². The van der Waals surface area contributed by atoms with Gasteiger partial charge in [0.15, 0.2) is 11.6 Å². The highest BCUT2D eigenvalue weighted by Gasteiger charge is 2.21. The Hall–Kier alpha value is -1.46. The number of aromatic nitrogens is 2. The van der Waals surface area contributed by atoms with Gasteiger partial charge in [-0.2, -0.15) is 0 Å². The lowest BCUT2D eigenvalue weighted by Gasteiger charge is -2.16. The van der Waals surface area contributed by atoms with Crippen LogP contribution in [0.1, 0.15) is 23.7 Å². The number of hydrogen-bond acceptors (Lipinski definition) is 2.